The highest BCUT2D eigenvalue weighted by Crippen LogP contribution is 2.62. The molecule has 8 aromatic rings. The van der Waals surface area contributed by atoms with Gasteiger partial charge in [-0.25, -0.2) is 0 Å². The quantitative estimate of drug-likeness (QED) is 0.179. The number of benzene rings is 7. The number of rotatable bonds is 5. The molecule has 1 aromatic heterocycles. The maximum Gasteiger partial charge on any atom is 0.141 e. The van der Waals surface area contributed by atoms with E-state index in [-0.39, 0.29) is 11.3 Å². The molecule has 1 aliphatic carbocycles. The molecule has 0 spiro atoms. The minimum absolute atomic E-state index is 0.226. The molecule has 54 heavy (non-hydrogen) atoms. The second kappa shape index (κ2) is 11.7. The van der Waals surface area contributed by atoms with Crippen LogP contribution in [0.2, 0.25) is 0 Å². The Morgan fingerprint density at radius 3 is 1.94 bits per heavy atom. The van der Waals surface area contributed by atoms with Gasteiger partial charge in [0.15, 0.2) is 0 Å². The van der Waals surface area contributed by atoms with Crippen molar-refractivity contribution in [3.63, 3.8) is 0 Å². The molecule has 3 heterocycles. The van der Waals surface area contributed by atoms with Gasteiger partial charge in [0.2, 0.25) is 0 Å². The molecule has 7 aromatic carbocycles. The Balaban J connectivity index is 1.00. The van der Waals surface area contributed by atoms with Crippen molar-refractivity contribution < 1.29 is 4.42 Å². The summed E-state index contributed by atoms with van der Waals surface area (Å²) in [7, 11) is 0. The van der Waals surface area contributed by atoms with Crippen LogP contribution >= 0.6 is 0 Å². The number of fused-ring (bicyclic) bond motifs is 9. The van der Waals surface area contributed by atoms with E-state index < -0.39 is 0 Å². The van der Waals surface area contributed by atoms with Crippen LogP contribution in [-0.4, -0.2) is 0 Å². The molecule has 11 rings (SSSR count). The summed E-state index contributed by atoms with van der Waals surface area (Å²) in [6, 6.07) is 57.1. The zero-order valence-corrected chi connectivity index (χ0v) is 30.3. The van der Waals surface area contributed by atoms with Crippen LogP contribution in [0.3, 0.4) is 0 Å². The molecule has 0 saturated heterocycles. The van der Waals surface area contributed by atoms with Crippen molar-refractivity contribution in [2.45, 2.75) is 31.6 Å². The van der Waals surface area contributed by atoms with Crippen LogP contribution in [0.15, 0.2) is 186 Å². The Kier molecular flexibility index (Phi) is 6.72. The summed E-state index contributed by atoms with van der Waals surface area (Å²) in [4.78, 5) is 4.87. The van der Waals surface area contributed by atoms with Crippen LogP contribution < -0.4 is 9.80 Å². The van der Waals surface area contributed by atoms with Crippen molar-refractivity contribution in [3.8, 4) is 22.3 Å². The summed E-state index contributed by atoms with van der Waals surface area (Å²) in [5.41, 5.74) is 18.0. The van der Waals surface area contributed by atoms with Crippen LogP contribution in [0.4, 0.5) is 28.4 Å². The Morgan fingerprint density at radius 2 is 1.20 bits per heavy atom. The molecule has 258 valence electrons. The number of para-hydroxylation sites is 2. The van der Waals surface area contributed by atoms with Gasteiger partial charge in [-0.05, 0) is 107 Å². The van der Waals surface area contributed by atoms with E-state index >= 15 is 0 Å². The lowest BCUT2D eigenvalue weighted by molar-refractivity contribution is 0.631. The van der Waals surface area contributed by atoms with Crippen LogP contribution in [0, 0.1) is 0 Å². The summed E-state index contributed by atoms with van der Waals surface area (Å²) < 4.78 is 6.67. The van der Waals surface area contributed by atoms with Crippen molar-refractivity contribution in [1.82, 2.24) is 0 Å². The van der Waals surface area contributed by atoms with Gasteiger partial charge >= 0.3 is 0 Å². The fourth-order valence-corrected chi connectivity index (χ4v) is 9.23. The predicted molar refractivity (Wildman–Crippen MR) is 225 cm³/mol. The zero-order chi connectivity index (χ0) is 36.0. The minimum atomic E-state index is -0.226. The zero-order valence-electron chi connectivity index (χ0n) is 30.3. The van der Waals surface area contributed by atoms with Gasteiger partial charge in [0.05, 0.1) is 5.69 Å². The van der Waals surface area contributed by atoms with E-state index in [1.165, 1.54) is 66.8 Å². The van der Waals surface area contributed by atoms with Gasteiger partial charge in [0, 0.05) is 56.1 Å². The van der Waals surface area contributed by atoms with Crippen molar-refractivity contribution in [2.75, 3.05) is 9.80 Å². The monoisotopic (exact) mass is 694 g/mol. The van der Waals surface area contributed by atoms with E-state index in [1.807, 2.05) is 0 Å². The lowest BCUT2D eigenvalue weighted by Crippen LogP contribution is -2.31. The highest BCUT2D eigenvalue weighted by atomic mass is 16.3. The largest absolute Gasteiger partial charge is 0.456 e. The summed E-state index contributed by atoms with van der Waals surface area (Å²) >= 11 is 0. The van der Waals surface area contributed by atoms with Crippen molar-refractivity contribution in [3.05, 3.63) is 198 Å². The topological polar surface area (TPSA) is 19.6 Å². The van der Waals surface area contributed by atoms with Crippen molar-refractivity contribution in [1.29, 1.82) is 0 Å². The first-order valence-corrected chi connectivity index (χ1v) is 19.0. The van der Waals surface area contributed by atoms with Gasteiger partial charge < -0.3 is 14.2 Å². The molecule has 0 amide bonds. The number of allylic oxidation sites excluding steroid dienone is 4. The van der Waals surface area contributed by atoms with Crippen LogP contribution in [0.25, 0.3) is 44.2 Å². The fraction of sp³-hybridized carbons (Fsp3) is 0.0980. The maximum atomic E-state index is 6.67. The van der Waals surface area contributed by atoms with Crippen LogP contribution in [-0.2, 0) is 5.41 Å². The smallest absolute Gasteiger partial charge is 0.141 e. The number of hydrogen-bond acceptors (Lipinski definition) is 3. The lowest BCUT2D eigenvalue weighted by Gasteiger charge is -2.41. The lowest BCUT2D eigenvalue weighted by atomic mass is 9.72. The molecule has 0 saturated carbocycles. The molecule has 0 radical (unpaired) electrons. The molecule has 0 bridgehead atoms. The third-order valence-electron chi connectivity index (χ3n) is 11.9. The Bertz CT molecular complexity index is 2810. The van der Waals surface area contributed by atoms with Crippen molar-refractivity contribution in [2.24, 2.45) is 0 Å². The van der Waals surface area contributed by atoms with Gasteiger partial charge in [-0.1, -0.05) is 123 Å². The first kappa shape index (κ1) is 31.0. The molecule has 0 fully saturated rings. The molecule has 3 nitrogen and oxygen atoms in total. The van der Waals surface area contributed by atoms with E-state index in [0.29, 0.717) is 0 Å². The van der Waals surface area contributed by atoms with E-state index in [0.717, 1.165) is 34.6 Å². The highest BCUT2D eigenvalue weighted by molar-refractivity contribution is 6.10. The van der Waals surface area contributed by atoms with Gasteiger partial charge in [-0.3, -0.25) is 0 Å². The molecule has 2 aliphatic heterocycles. The van der Waals surface area contributed by atoms with E-state index in [4.69, 9.17) is 4.42 Å². The van der Waals surface area contributed by atoms with Gasteiger partial charge in [0.1, 0.15) is 11.2 Å². The fourth-order valence-electron chi connectivity index (χ4n) is 9.23. The highest BCUT2D eigenvalue weighted by Gasteiger charge is 2.47. The Labute approximate surface area is 315 Å². The van der Waals surface area contributed by atoms with Crippen LogP contribution in [0.5, 0.6) is 0 Å². The SMILES string of the molecule is CC1(C)c2cc(-c3ccc(N(c4ccccc4)c4ccc(-c5ccccc5)cc4)cc3)ccc2N2C3=CC=CCC3c3c2c1cc1c3oc2ccccc21. The summed E-state index contributed by atoms with van der Waals surface area (Å²) in [5, 5.41) is 2.41. The first-order chi connectivity index (χ1) is 26.5. The van der Waals surface area contributed by atoms with Gasteiger partial charge in [-0.15, -0.1) is 0 Å². The Hall–Kier alpha value is -6.58. The molecule has 1 unspecified atom stereocenters. The number of furan rings is 1. The number of anilines is 5. The first-order valence-electron chi connectivity index (χ1n) is 19.0. The average Bonchev–Trinajstić information content (AvgIpc) is 3.78. The molecule has 3 aliphatic rings. The summed E-state index contributed by atoms with van der Waals surface area (Å²) in [5.74, 6) is 0.268. The third-order valence-corrected chi connectivity index (χ3v) is 11.9. The number of hydrogen-bond donors (Lipinski definition) is 0. The standard InChI is InChI=1S/C51H38N2O/c1-51(2)43-31-36(35-23-28-39(29-24-35)52(37-15-7-4-8-16-37)38-26-21-34(22-27-38)33-13-5-3-6-14-33)25-30-46(43)53-45-19-11-9-18-41(45)48-49(53)44(51)32-42-40-17-10-12-20-47(40)54-50(42)48/h3-17,19-32,41H,18H2,1-2H3. The van der Waals surface area contributed by atoms with E-state index in [1.54, 1.807) is 0 Å². The second-order valence-electron chi connectivity index (χ2n) is 15.3. The van der Waals surface area contributed by atoms with Gasteiger partial charge in [-0.2, -0.15) is 0 Å². The second-order valence-corrected chi connectivity index (χ2v) is 15.3. The molecule has 1 atom stereocenters. The van der Waals surface area contributed by atoms with Crippen molar-refractivity contribution >= 4 is 50.4 Å². The maximum absolute atomic E-state index is 6.67. The predicted octanol–water partition coefficient (Wildman–Crippen LogP) is 14.1. The third kappa shape index (κ3) is 4.55. The Morgan fingerprint density at radius 1 is 0.593 bits per heavy atom. The van der Waals surface area contributed by atoms with Gasteiger partial charge in [0.25, 0.3) is 0 Å². The average molecular weight is 695 g/mol. The molecule has 0 N–H and O–H groups in total. The molecular formula is C51H38N2O. The summed E-state index contributed by atoms with van der Waals surface area (Å²) in [6.45, 7) is 4.80. The van der Waals surface area contributed by atoms with E-state index in [2.05, 4.69) is 200 Å². The normalized spacial score (nSPS) is 16.2. The molecular weight excluding hydrogens is 657 g/mol. The summed E-state index contributed by atoms with van der Waals surface area (Å²) in [6.07, 6.45) is 7.81. The number of nitrogens with zero attached hydrogens (tertiary/aromatic N) is 2. The van der Waals surface area contributed by atoms with E-state index in [9.17, 15) is 0 Å². The van der Waals surface area contributed by atoms with Crippen LogP contribution in [0.1, 0.15) is 42.9 Å². The molecule has 3 heteroatoms. The minimum Gasteiger partial charge on any atom is -0.456 e.